The van der Waals surface area contributed by atoms with Gasteiger partial charge in [0.1, 0.15) is 12.0 Å². The van der Waals surface area contributed by atoms with Gasteiger partial charge in [-0.05, 0) is 36.4 Å². The van der Waals surface area contributed by atoms with Crippen molar-refractivity contribution in [3.8, 4) is 0 Å². The van der Waals surface area contributed by atoms with Gasteiger partial charge in [-0.2, -0.15) is 0 Å². The molecule has 0 bridgehead atoms. The summed E-state index contributed by atoms with van der Waals surface area (Å²) in [5.41, 5.74) is 0.825. The molecule has 9 nitrogen and oxygen atoms in total. The highest BCUT2D eigenvalue weighted by atomic mass is 35.5. The van der Waals surface area contributed by atoms with Crippen molar-refractivity contribution in [1.29, 1.82) is 0 Å². The van der Waals surface area contributed by atoms with Crippen molar-refractivity contribution >= 4 is 52.8 Å². The quantitative estimate of drug-likeness (QED) is 0.153. The van der Waals surface area contributed by atoms with E-state index >= 15 is 0 Å². The lowest BCUT2D eigenvalue weighted by Crippen LogP contribution is -2.42. The van der Waals surface area contributed by atoms with Gasteiger partial charge in [0.2, 0.25) is 0 Å². The Morgan fingerprint density at radius 2 is 1.57 bits per heavy atom. The van der Waals surface area contributed by atoms with Crippen LogP contribution < -0.4 is 0 Å². The number of fused-ring (bicyclic) bond motifs is 3. The van der Waals surface area contributed by atoms with Crippen molar-refractivity contribution in [2.45, 2.75) is 21.9 Å². The third kappa shape index (κ3) is 4.73. The Morgan fingerprint density at radius 3 is 2.20 bits per heavy atom. The van der Waals surface area contributed by atoms with E-state index in [4.69, 9.17) is 21.1 Å². The minimum atomic E-state index is -1.28. The Morgan fingerprint density at radius 1 is 0.925 bits per heavy atom. The first-order valence-corrected chi connectivity index (χ1v) is 13.4. The van der Waals surface area contributed by atoms with Gasteiger partial charge in [0.15, 0.2) is 5.78 Å². The maximum absolute atomic E-state index is 13.9. The number of nitro benzene ring substituents is 1. The van der Waals surface area contributed by atoms with Crippen molar-refractivity contribution in [1.82, 2.24) is 4.90 Å². The summed E-state index contributed by atoms with van der Waals surface area (Å²) in [6.45, 7) is 0. The fourth-order valence-electron chi connectivity index (χ4n) is 5.47. The molecule has 1 saturated heterocycles. The summed E-state index contributed by atoms with van der Waals surface area (Å²) in [4.78, 5) is 55.3. The molecule has 0 aromatic heterocycles. The standard InChI is InChI=1S/C29H23ClN2O7S/c1-38-28(34)23-24(29(35)39-2)26(27(33)16-6-4-3-5-7-16)31-15-14-19-21(40-18-10-8-17(30)9-11-18)13-12-20(32(36)37)22(19)25(23)31/h3-15,23-26H,1-2H3. The molecule has 0 radical (unpaired) electrons. The molecule has 4 unspecified atom stereocenters. The van der Waals surface area contributed by atoms with E-state index in [-0.39, 0.29) is 11.3 Å². The second-order valence-corrected chi connectivity index (χ2v) is 10.8. The summed E-state index contributed by atoms with van der Waals surface area (Å²) < 4.78 is 10.2. The molecule has 2 heterocycles. The van der Waals surface area contributed by atoms with Gasteiger partial charge in [0, 0.05) is 38.2 Å². The topological polar surface area (TPSA) is 116 Å². The van der Waals surface area contributed by atoms with Crippen LogP contribution >= 0.6 is 23.4 Å². The van der Waals surface area contributed by atoms with Gasteiger partial charge >= 0.3 is 11.9 Å². The first-order chi connectivity index (χ1) is 19.3. The van der Waals surface area contributed by atoms with Gasteiger partial charge in [-0.3, -0.25) is 24.5 Å². The number of benzene rings is 3. The molecule has 4 atom stereocenters. The number of nitro groups is 1. The van der Waals surface area contributed by atoms with Crippen molar-refractivity contribution in [3.63, 3.8) is 0 Å². The van der Waals surface area contributed by atoms with E-state index in [1.165, 1.54) is 32.0 Å². The molecule has 0 saturated carbocycles. The van der Waals surface area contributed by atoms with Crippen LogP contribution in [0, 0.1) is 22.0 Å². The Kier molecular flexibility index (Phi) is 7.64. The summed E-state index contributed by atoms with van der Waals surface area (Å²) in [7, 11) is 2.35. The molecule has 0 aliphatic carbocycles. The maximum atomic E-state index is 13.9. The molecule has 3 aromatic carbocycles. The third-order valence-corrected chi connectivity index (χ3v) is 8.49. The second kappa shape index (κ2) is 11.1. The van der Waals surface area contributed by atoms with E-state index < -0.39 is 46.6 Å². The van der Waals surface area contributed by atoms with Crippen LogP contribution in [0.25, 0.3) is 6.08 Å². The number of methoxy groups -OCH3 is 2. The van der Waals surface area contributed by atoms with Gasteiger partial charge in [-0.15, -0.1) is 0 Å². The fourth-order valence-corrected chi connectivity index (χ4v) is 6.55. The Hall–Kier alpha value is -4.15. The number of hydrogen-bond acceptors (Lipinski definition) is 9. The largest absolute Gasteiger partial charge is 0.469 e. The number of esters is 2. The molecular weight excluding hydrogens is 556 g/mol. The van der Waals surface area contributed by atoms with Crippen molar-refractivity contribution in [3.05, 3.63) is 105 Å². The number of rotatable bonds is 7. The van der Waals surface area contributed by atoms with Crippen molar-refractivity contribution < 1.29 is 28.8 Å². The number of ketones is 1. The predicted octanol–water partition coefficient (Wildman–Crippen LogP) is 5.57. The van der Waals surface area contributed by atoms with Crippen LogP contribution in [0.5, 0.6) is 0 Å². The van der Waals surface area contributed by atoms with Gasteiger partial charge in [-0.25, -0.2) is 0 Å². The second-order valence-electron chi connectivity index (χ2n) is 9.20. The molecule has 2 aliphatic rings. The van der Waals surface area contributed by atoms with Gasteiger partial charge in [0.05, 0.1) is 36.7 Å². The minimum Gasteiger partial charge on any atom is -0.469 e. The van der Waals surface area contributed by atoms with Crippen LogP contribution in [0.15, 0.2) is 82.7 Å². The smallest absolute Gasteiger partial charge is 0.312 e. The number of halogens is 1. The number of carbonyl (C=O) groups excluding carboxylic acids is 3. The normalized spacial score (nSPS) is 20.8. The zero-order valence-electron chi connectivity index (χ0n) is 21.4. The van der Waals surface area contributed by atoms with Crippen LogP contribution in [-0.4, -0.2) is 47.8 Å². The third-order valence-electron chi connectivity index (χ3n) is 7.15. The van der Waals surface area contributed by atoms with Gasteiger partial charge in [-0.1, -0.05) is 53.7 Å². The molecule has 204 valence electrons. The lowest BCUT2D eigenvalue weighted by Gasteiger charge is -2.34. The molecule has 40 heavy (non-hydrogen) atoms. The monoisotopic (exact) mass is 578 g/mol. The Balaban J connectivity index is 1.72. The molecule has 1 fully saturated rings. The lowest BCUT2D eigenvalue weighted by molar-refractivity contribution is -0.386. The maximum Gasteiger partial charge on any atom is 0.312 e. The molecule has 0 N–H and O–H groups in total. The summed E-state index contributed by atoms with van der Waals surface area (Å²) in [5.74, 6) is -4.52. The molecule has 3 aromatic rings. The van der Waals surface area contributed by atoms with E-state index in [2.05, 4.69) is 0 Å². The highest BCUT2D eigenvalue weighted by Gasteiger charge is 2.60. The summed E-state index contributed by atoms with van der Waals surface area (Å²) in [5, 5.41) is 12.9. The first kappa shape index (κ1) is 27.4. The van der Waals surface area contributed by atoms with E-state index in [0.29, 0.717) is 21.0 Å². The Bertz CT molecular complexity index is 1530. The van der Waals surface area contributed by atoms with E-state index in [0.717, 1.165) is 4.90 Å². The molecule has 11 heteroatoms. The highest BCUT2D eigenvalue weighted by molar-refractivity contribution is 7.99. The van der Waals surface area contributed by atoms with Crippen LogP contribution in [-0.2, 0) is 19.1 Å². The number of nitrogens with zero attached hydrogens (tertiary/aromatic N) is 2. The van der Waals surface area contributed by atoms with Gasteiger partial charge < -0.3 is 14.4 Å². The SMILES string of the molecule is COC(=O)C1C(C(=O)OC)C2c3c([N+](=O)[O-])ccc(Sc4ccc(Cl)cc4)c3C=CN2C1C(=O)c1ccccc1. The number of Topliss-reactive ketones (excluding diaryl/α,β-unsaturated/α-hetero) is 1. The summed E-state index contributed by atoms with van der Waals surface area (Å²) in [6.07, 6.45) is 3.30. The molecule has 5 rings (SSSR count). The lowest BCUT2D eigenvalue weighted by atomic mass is 9.81. The first-order valence-electron chi connectivity index (χ1n) is 12.2. The molecule has 0 amide bonds. The average Bonchev–Trinajstić information content (AvgIpc) is 3.33. The van der Waals surface area contributed by atoms with E-state index in [1.807, 2.05) is 12.1 Å². The fraction of sp³-hybridized carbons (Fsp3) is 0.207. The molecular formula is C29H23ClN2O7S. The predicted molar refractivity (Wildman–Crippen MR) is 148 cm³/mol. The van der Waals surface area contributed by atoms with Crippen LogP contribution in [0.2, 0.25) is 5.02 Å². The summed E-state index contributed by atoms with van der Waals surface area (Å²) >= 11 is 7.40. The van der Waals surface area contributed by atoms with Crippen LogP contribution in [0.4, 0.5) is 5.69 Å². The van der Waals surface area contributed by atoms with E-state index in [9.17, 15) is 24.5 Å². The van der Waals surface area contributed by atoms with Crippen LogP contribution in [0.3, 0.4) is 0 Å². The molecule has 0 spiro atoms. The Labute approximate surface area is 238 Å². The molecule has 2 aliphatic heterocycles. The van der Waals surface area contributed by atoms with Crippen molar-refractivity contribution in [2.75, 3.05) is 14.2 Å². The summed E-state index contributed by atoms with van der Waals surface area (Å²) in [6, 6.07) is 16.3. The highest BCUT2D eigenvalue weighted by Crippen LogP contribution is 2.54. The van der Waals surface area contributed by atoms with Gasteiger partial charge in [0.25, 0.3) is 5.69 Å². The zero-order chi connectivity index (χ0) is 28.6. The number of ether oxygens (including phenoxy) is 2. The van der Waals surface area contributed by atoms with Crippen LogP contribution in [0.1, 0.15) is 27.5 Å². The van der Waals surface area contributed by atoms with E-state index in [1.54, 1.807) is 65.7 Å². The number of hydrogen-bond donors (Lipinski definition) is 0. The van der Waals surface area contributed by atoms with Crippen molar-refractivity contribution in [2.24, 2.45) is 11.8 Å². The average molecular weight is 579 g/mol. The minimum absolute atomic E-state index is 0.221. The number of carbonyl (C=O) groups is 3. The zero-order valence-corrected chi connectivity index (χ0v) is 22.9.